The van der Waals surface area contributed by atoms with Gasteiger partial charge in [0.1, 0.15) is 5.69 Å². The minimum absolute atomic E-state index is 0.253. The number of rotatable bonds is 3. The lowest BCUT2D eigenvalue weighted by molar-refractivity contribution is -0.387. The van der Waals surface area contributed by atoms with Gasteiger partial charge < -0.3 is 0 Å². The standard InChI is InChI=1S/C7H2ClF3N2O3/c8-6(14)5-4(9)3(13(15)16)1-2(12-5)7(10)11/h1,7H. The lowest BCUT2D eigenvalue weighted by atomic mass is 10.2. The van der Waals surface area contributed by atoms with Gasteiger partial charge in [0.2, 0.25) is 5.82 Å². The molecule has 0 spiro atoms. The SMILES string of the molecule is O=C(Cl)c1nc(C(F)F)cc([N+](=O)[O-])c1F. The molecule has 1 rings (SSSR count). The average molecular weight is 255 g/mol. The van der Waals surface area contributed by atoms with E-state index < -0.39 is 39.5 Å². The topological polar surface area (TPSA) is 73.1 Å². The zero-order chi connectivity index (χ0) is 12.5. The number of pyridine rings is 1. The third kappa shape index (κ3) is 2.27. The Bertz CT molecular complexity index is 431. The van der Waals surface area contributed by atoms with Crippen LogP contribution in [0.2, 0.25) is 0 Å². The zero-order valence-corrected chi connectivity index (χ0v) is 8.04. The zero-order valence-electron chi connectivity index (χ0n) is 7.29. The number of hydrogen-bond donors (Lipinski definition) is 0. The van der Waals surface area contributed by atoms with Crippen LogP contribution in [-0.4, -0.2) is 15.1 Å². The molecule has 9 heteroatoms. The number of hydrogen-bond acceptors (Lipinski definition) is 4. The van der Waals surface area contributed by atoms with Crippen LogP contribution in [0.1, 0.15) is 22.6 Å². The summed E-state index contributed by atoms with van der Waals surface area (Å²) in [6.45, 7) is 0. The smallest absolute Gasteiger partial charge is 0.274 e. The van der Waals surface area contributed by atoms with Crippen LogP contribution in [0.5, 0.6) is 0 Å². The maximum atomic E-state index is 13.2. The van der Waals surface area contributed by atoms with Crippen molar-refractivity contribution in [3.63, 3.8) is 0 Å². The maximum absolute atomic E-state index is 13.2. The molecule has 0 aromatic carbocycles. The molecule has 0 saturated carbocycles. The van der Waals surface area contributed by atoms with Gasteiger partial charge in [0.25, 0.3) is 11.7 Å². The Labute approximate surface area is 91.0 Å². The molecule has 1 aromatic heterocycles. The molecule has 1 aromatic rings. The molecule has 0 atom stereocenters. The number of alkyl halides is 2. The highest BCUT2D eigenvalue weighted by Crippen LogP contribution is 2.26. The summed E-state index contributed by atoms with van der Waals surface area (Å²) in [7, 11) is 0. The Balaban J connectivity index is 3.51. The van der Waals surface area contributed by atoms with Gasteiger partial charge in [-0.1, -0.05) is 0 Å². The van der Waals surface area contributed by atoms with Crippen LogP contribution in [-0.2, 0) is 0 Å². The summed E-state index contributed by atoms with van der Waals surface area (Å²) >= 11 is 4.85. The normalized spacial score (nSPS) is 10.6. The molecule has 0 aliphatic rings. The van der Waals surface area contributed by atoms with Gasteiger partial charge in [-0.15, -0.1) is 0 Å². The summed E-state index contributed by atoms with van der Waals surface area (Å²) in [6, 6.07) is 0.253. The van der Waals surface area contributed by atoms with Gasteiger partial charge in [0, 0.05) is 6.07 Å². The summed E-state index contributed by atoms with van der Waals surface area (Å²) < 4.78 is 37.6. The van der Waals surface area contributed by atoms with E-state index in [1.807, 2.05) is 0 Å². The molecular weight excluding hydrogens is 253 g/mol. The molecule has 16 heavy (non-hydrogen) atoms. The molecule has 0 unspecified atom stereocenters. The van der Waals surface area contributed by atoms with E-state index in [0.29, 0.717) is 0 Å². The predicted octanol–water partition coefficient (Wildman–Crippen LogP) is 2.45. The number of carbonyl (C=O) groups is 1. The van der Waals surface area contributed by atoms with Gasteiger partial charge >= 0.3 is 5.69 Å². The molecule has 0 fully saturated rings. The second-order valence-electron chi connectivity index (χ2n) is 2.56. The lowest BCUT2D eigenvalue weighted by Gasteiger charge is -2.02. The van der Waals surface area contributed by atoms with Crippen molar-refractivity contribution in [3.05, 3.63) is 33.4 Å². The monoisotopic (exact) mass is 254 g/mol. The van der Waals surface area contributed by atoms with Crippen LogP contribution < -0.4 is 0 Å². The minimum atomic E-state index is -3.17. The summed E-state index contributed by atoms with van der Waals surface area (Å²) in [5, 5.41) is 8.83. The quantitative estimate of drug-likeness (QED) is 0.472. The molecule has 0 aliphatic heterocycles. The molecule has 0 amide bonds. The molecule has 0 aliphatic carbocycles. The van der Waals surface area contributed by atoms with Crippen molar-refractivity contribution in [1.29, 1.82) is 0 Å². The molecule has 1 heterocycles. The lowest BCUT2D eigenvalue weighted by Crippen LogP contribution is -2.07. The number of aromatic nitrogens is 1. The van der Waals surface area contributed by atoms with Gasteiger partial charge in [-0.25, -0.2) is 13.8 Å². The molecule has 0 saturated heterocycles. The van der Waals surface area contributed by atoms with Gasteiger partial charge in [0.05, 0.1) is 4.92 Å². The van der Waals surface area contributed by atoms with Crippen molar-refractivity contribution < 1.29 is 22.9 Å². The second-order valence-corrected chi connectivity index (χ2v) is 2.90. The Hall–Kier alpha value is -1.70. The van der Waals surface area contributed by atoms with E-state index in [0.717, 1.165) is 0 Å². The first kappa shape index (κ1) is 12.4. The fourth-order valence-electron chi connectivity index (χ4n) is 0.910. The Morgan fingerprint density at radius 1 is 1.56 bits per heavy atom. The minimum Gasteiger partial charge on any atom is -0.274 e. The number of nitrogens with zero attached hydrogens (tertiary/aromatic N) is 2. The van der Waals surface area contributed by atoms with Crippen LogP contribution in [0.15, 0.2) is 6.07 Å². The van der Waals surface area contributed by atoms with Crippen LogP contribution in [0.25, 0.3) is 0 Å². The van der Waals surface area contributed by atoms with E-state index in [-0.39, 0.29) is 6.07 Å². The van der Waals surface area contributed by atoms with Crippen molar-refractivity contribution in [2.45, 2.75) is 6.43 Å². The largest absolute Gasteiger partial charge is 0.309 e. The summed E-state index contributed by atoms with van der Waals surface area (Å²) in [5.41, 5.74) is -3.54. The van der Waals surface area contributed by atoms with E-state index >= 15 is 0 Å². The van der Waals surface area contributed by atoms with Crippen molar-refractivity contribution in [1.82, 2.24) is 4.98 Å². The van der Waals surface area contributed by atoms with Crippen LogP contribution >= 0.6 is 11.6 Å². The van der Waals surface area contributed by atoms with Crippen molar-refractivity contribution >= 4 is 22.5 Å². The van der Waals surface area contributed by atoms with E-state index in [4.69, 9.17) is 11.6 Å². The first-order chi connectivity index (χ1) is 7.34. The number of carbonyl (C=O) groups excluding carboxylic acids is 1. The fourth-order valence-corrected chi connectivity index (χ4v) is 1.04. The van der Waals surface area contributed by atoms with Crippen molar-refractivity contribution in [3.8, 4) is 0 Å². The molecule has 0 N–H and O–H groups in total. The first-order valence-electron chi connectivity index (χ1n) is 3.67. The molecule has 86 valence electrons. The highest BCUT2D eigenvalue weighted by molar-refractivity contribution is 6.67. The van der Waals surface area contributed by atoms with Crippen molar-refractivity contribution in [2.24, 2.45) is 0 Å². The van der Waals surface area contributed by atoms with Crippen LogP contribution in [0, 0.1) is 15.9 Å². The van der Waals surface area contributed by atoms with Gasteiger partial charge in [-0.2, -0.15) is 4.39 Å². The maximum Gasteiger partial charge on any atom is 0.309 e. The molecule has 5 nitrogen and oxygen atoms in total. The summed E-state index contributed by atoms with van der Waals surface area (Å²) in [6.07, 6.45) is -3.17. The summed E-state index contributed by atoms with van der Waals surface area (Å²) in [4.78, 5) is 22.6. The second kappa shape index (κ2) is 4.44. The average Bonchev–Trinajstić information content (AvgIpc) is 2.16. The Morgan fingerprint density at radius 2 is 2.12 bits per heavy atom. The molecule has 0 bridgehead atoms. The number of halogens is 4. The summed E-state index contributed by atoms with van der Waals surface area (Å²) in [5.74, 6) is -1.63. The van der Waals surface area contributed by atoms with Gasteiger partial charge in [-0.3, -0.25) is 14.9 Å². The van der Waals surface area contributed by atoms with Crippen molar-refractivity contribution in [2.75, 3.05) is 0 Å². The fraction of sp³-hybridized carbons (Fsp3) is 0.143. The van der Waals surface area contributed by atoms with Gasteiger partial charge in [0.15, 0.2) is 5.69 Å². The van der Waals surface area contributed by atoms with E-state index in [1.54, 1.807) is 0 Å². The van der Waals surface area contributed by atoms with Crippen LogP contribution in [0.3, 0.4) is 0 Å². The van der Waals surface area contributed by atoms with Gasteiger partial charge in [-0.05, 0) is 11.6 Å². The predicted molar refractivity (Wildman–Crippen MR) is 46.0 cm³/mol. The van der Waals surface area contributed by atoms with E-state index in [2.05, 4.69) is 4.98 Å². The van der Waals surface area contributed by atoms with Crippen LogP contribution in [0.4, 0.5) is 18.9 Å². The van der Waals surface area contributed by atoms with E-state index in [9.17, 15) is 28.1 Å². The highest BCUT2D eigenvalue weighted by Gasteiger charge is 2.27. The number of nitro groups is 1. The first-order valence-corrected chi connectivity index (χ1v) is 4.05. The Morgan fingerprint density at radius 3 is 2.50 bits per heavy atom. The van der Waals surface area contributed by atoms with E-state index in [1.165, 1.54) is 0 Å². The molecular formula is C7H2ClF3N2O3. The Kier molecular flexibility index (Phi) is 3.43. The highest BCUT2D eigenvalue weighted by atomic mass is 35.5. The third-order valence-corrected chi connectivity index (χ3v) is 1.74. The third-order valence-electron chi connectivity index (χ3n) is 1.56. The molecule has 0 radical (unpaired) electrons.